The molecule has 0 unspecified atom stereocenters. The van der Waals surface area contributed by atoms with Crippen molar-refractivity contribution in [3.63, 3.8) is 0 Å². The van der Waals surface area contributed by atoms with Crippen molar-refractivity contribution in [3.05, 3.63) is 18.2 Å². The zero-order valence-electron chi connectivity index (χ0n) is 15.1. The van der Waals surface area contributed by atoms with Gasteiger partial charge in [0, 0.05) is 26.0 Å². The number of hydrogen-bond acceptors (Lipinski definition) is 3. The van der Waals surface area contributed by atoms with Gasteiger partial charge in [-0.3, -0.25) is 4.79 Å². The van der Waals surface area contributed by atoms with Gasteiger partial charge in [0.05, 0.1) is 5.52 Å². The highest BCUT2D eigenvalue weighted by Crippen LogP contribution is 2.31. The zero-order valence-corrected chi connectivity index (χ0v) is 16.1. The van der Waals surface area contributed by atoms with E-state index in [9.17, 15) is 4.79 Å². The second-order valence-electron chi connectivity index (χ2n) is 7.98. The number of fused-ring (bicyclic) bond motifs is 1. The van der Waals surface area contributed by atoms with Crippen molar-refractivity contribution >= 4 is 44.0 Å². The fourth-order valence-electron chi connectivity index (χ4n) is 2.57. The van der Waals surface area contributed by atoms with Gasteiger partial charge in [-0.25, -0.2) is 4.68 Å². The van der Waals surface area contributed by atoms with E-state index in [2.05, 4.69) is 44.0 Å². The zero-order chi connectivity index (χ0) is 17.3. The van der Waals surface area contributed by atoms with E-state index in [1.165, 1.54) is 5.46 Å². The lowest BCUT2D eigenvalue weighted by Crippen LogP contribution is -2.22. The second kappa shape index (κ2) is 6.72. The number of carbonyl (C=O) groups excluding carboxylic acids is 1. The minimum absolute atomic E-state index is 0.0850. The third-order valence-corrected chi connectivity index (χ3v) is 6.01. The molecule has 1 aliphatic carbocycles. The van der Waals surface area contributed by atoms with E-state index in [4.69, 9.17) is 4.74 Å². The van der Waals surface area contributed by atoms with Crippen LogP contribution in [-0.2, 0) is 16.3 Å². The van der Waals surface area contributed by atoms with Crippen molar-refractivity contribution in [2.75, 3.05) is 11.9 Å². The molecule has 128 valence electrons. The molecule has 1 heterocycles. The molecule has 0 spiro atoms. The summed E-state index contributed by atoms with van der Waals surface area (Å²) in [6.45, 7) is 8.20. The summed E-state index contributed by atoms with van der Waals surface area (Å²) in [7, 11) is 0.969. The number of ether oxygens (including phenoxy) is 1. The third-order valence-electron chi connectivity index (χ3n) is 4.31. The number of nitrogens with one attached hydrogen (secondary N) is 1. The monoisotopic (exact) mass is 343 g/mol. The number of anilines is 1. The number of benzene rings is 1. The van der Waals surface area contributed by atoms with Gasteiger partial charge in [-0.1, -0.05) is 31.2 Å². The molecule has 0 saturated heterocycles. The molecule has 24 heavy (non-hydrogen) atoms. The fourth-order valence-corrected chi connectivity index (χ4v) is 3.33. The van der Waals surface area contributed by atoms with Gasteiger partial charge in [-0.05, 0) is 31.0 Å². The van der Waals surface area contributed by atoms with Crippen LogP contribution in [0.1, 0.15) is 12.8 Å². The van der Waals surface area contributed by atoms with Gasteiger partial charge in [0.25, 0.3) is 0 Å². The number of aromatic nitrogens is 2. The highest BCUT2D eigenvalue weighted by atomic mass is 28.3. The van der Waals surface area contributed by atoms with Crippen molar-refractivity contribution in [1.29, 1.82) is 0 Å². The number of nitrogens with zero attached hydrogens (tertiary/aromatic N) is 2. The summed E-state index contributed by atoms with van der Waals surface area (Å²) in [6, 6.07) is 7.30. The quantitative estimate of drug-likeness (QED) is 0.618. The highest BCUT2D eigenvalue weighted by Gasteiger charge is 2.30. The van der Waals surface area contributed by atoms with Crippen molar-refractivity contribution in [2.45, 2.75) is 45.3 Å². The minimum Gasteiger partial charge on any atom is -0.360 e. The summed E-state index contributed by atoms with van der Waals surface area (Å²) < 4.78 is 7.70. The standard InChI is InChI=1S/C17H26BN3O2Si/c1-24(2,3)9-8-23-11-21-15-10-13(18)6-7-14(15)16(20-21)19-17(22)12-4-5-12/h6-7,10,12H,4-5,8-9,11,18H2,1-3H3,(H,19,20,22). The fraction of sp³-hybridized carbons (Fsp3) is 0.529. The maximum Gasteiger partial charge on any atom is 0.228 e. The number of carbonyl (C=O) groups is 1. The van der Waals surface area contributed by atoms with Crippen LogP contribution in [0, 0.1) is 5.92 Å². The molecule has 5 nitrogen and oxygen atoms in total. The lowest BCUT2D eigenvalue weighted by atomic mass is 9.95. The number of amides is 1. The first kappa shape index (κ1) is 17.2. The Morgan fingerprint density at radius 1 is 1.42 bits per heavy atom. The molecule has 0 radical (unpaired) electrons. The van der Waals surface area contributed by atoms with Gasteiger partial charge in [0.15, 0.2) is 5.82 Å². The molecule has 7 heteroatoms. The van der Waals surface area contributed by atoms with E-state index in [1.807, 2.05) is 16.8 Å². The van der Waals surface area contributed by atoms with Crippen LogP contribution in [-0.4, -0.2) is 38.2 Å². The lowest BCUT2D eigenvalue weighted by Gasteiger charge is -2.15. The van der Waals surface area contributed by atoms with Gasteiger partial charge < -0.3 is 10.1 Å². The van der Waals surface area contributed by atoms with Crippen molar-refractivity contribution in [3.8, 4) is 0 Å². The summed E-state index contributed by atoms with van der Waals surface area (Å²) in [5.41, 5.74) is 2.18. The van der Waals surface area contributed by atoms with Crippen molar-refractivity contribution in [1.82, 2.24) is 9.78 Å². The highest BCUT2D eigenvalue weighted by molar-refractivity contribution is 6.76. The van der Waals surface area contributed by atoms with Gasteiger partial charge in [-0.15, -0.1) is 0 Å². The number of rotatable bonds is 7. The molecule has 3 rings (SSSR count). The Balaban J connectivity index is 1.76. The molecule has 1 aromatic heterocycles. The minimum atomic E-state index is -1.09. The molecule has 1 aromatic carbocycles. The molecule has 1 saturated carbocycles. The molecule has 0 bridgehead atoms. The SMILES string of the molecule is Bc1ccc2c(NC(=O)C3CC3)nn(COCC[Si](C)(C)C)c2c1. The summed E-state index contributed by atoms with van der Waals surface area (Å²) in [5, 5.41) is 8.54. The molecular formula is C17H26BN3O2Si. The molecule has 0 atom stereocenters. The topological polar surface area (TPSA) is 56.2 Å². The summed E-state index contributed by atoms with van der Waals surface area (Å²) in [5.74, 6) is 0.904. The second-order valence-corrected chi connectivity index (χ2v) is 13.6. The molecule has 1 amide bonds. The predicted octanol–water partition coefficient (Wildman–Crippen LogP) is 1.96. The smallest absolute Gasteiger partial charge is 0.228 e. The molecule has 1 fully saturated rings. The first-order valence-electron chi connectivity index (χ1n) is 8.69. The molecule has 1 N–H and O–H groups in total. The van der Waals surface area contributed by atoms with Gasteiger partial charge in [-0.2, -0.15) is 5.10 Å². The maximum absolute atomic E-state index is 12.1. The first-order chi connectivity index (χ1) is 11.3. The van der Waals surface area contributed by atoms with Crippen LogP contribution in [0.3, 0.4) is 0 Å². The van der Waals surface area contributed by atoms with Crippen molar-refractivity contribution < 1.29 is 9.53 Å². The Labute approximate surface area is 145 Å². The van der Waals surface area contributed by atoms with Crippen LogP contribution >= 0.6 is 0 Å². The van der Waals surface area contributed by atoms with E-state index in [1.54, 1.807) is 0 Å². The Bertz CT molecular complexity index is 750. The predicted molar refractivity (Wildman–Crippen MR) is 103 cm³/mol. The van der Waals surface area contributed by atoms with Crippen LogP contribution in [0.25, 0.3) is 10.9 Å². The molecular weight excluding hydrogens is 317 g/mol. The summed E-state index contributed by atoms with van der Waals surface area (Å²) in [6.07, 6.45) is 1.98. The normalized spacial score (nSPS) is 15.0. The van der Waals surface area contributed by atoms with E-state index in [0.717, 1.165) is 36.4 Å². The Morgan fingerprint density at radius 3 is 2.83 bits per heavy atom. The van der Waals surface area contributed by atoms with Gasteiger partial charge >= 0.3 is 0 Å². The van der Waals surface area contributed by atoms with E-state index in [-0.39, 0.29) is 11.8 Å². The van der Waals surface area contributed by atoms with Crippen LogP contribution in [0.4, 0.5) is 5.82 Å². The third kappa shape index (κ3) is 4.27. The Hall–Kier alpha value is -1.60. The number of hydrogen-bond donors (Lipinski definition) is 1. The van der Waals surface area contributed by atoms with Crippen LogP contribution in [0.2, 0.25) is 25.7 Å². The average molecular weight is 343 g/mol. The molecule has 1 aliphatic rings. The van der Waals surface area contributed by atoms with E-state index in [0.29, 0.717) is 12.5 Å². The Kier molecular flexibility index (Phi) is 4.83. The maximum atomic E-state index is 12.1. The van der Waals surface area contributed by atoms with E-state index >= 15 is 0 Å². The van der Waals surface area contributed by atoms with Crippen molar-refractivity contribution in [2.24, 2.45) is 5.92 Å². The summed E-state index contributed by atoms with van der Waals surface area (Å²) >= 11 is 0. The van der Waals surface area contributed by atoms with Gasteiger partial charge in [0.2, 0.25) is 5.91 Å². The average Bonchev–Trinajstić information content (AvgIpc) is 3.28. The lowest BCUT2D eigenvalue weighted by molar-refractivity contribution is -0.117. The van der Waals surface area contributed by atoms with Gasteiger partial charge in [0.1, 0.15) is 14.6 Å². The van der Waals surface area contributed by atoms with Crippen LogP contribution in [0.5, 0.6) is 0 Å². The van der Waals surface area contributed by atoms with E-state index < -0.39 is 8.07 Å². The van der Waals surface area contributed by atoms with Crippen LogP contribution < -0.4 is 10.8 Å². The molecule has 2 aromatic rings. The summed E-state index contributed by atoms with van der Waals surface area (Å²) in [4.78, 5) is 12.1. The first-order valence-corrected chi connectivity index (χ1v) is 12.4. The molecule has 0 aliphatic heterocycles. The largest absolute Gasteiger partial charge is 0.360 e. The Morgan fingerprint density at radius 2 is 2.17 bits per heavy atom. The van der Waals surface area contributed by atoms with Crippen LogP contribution in [0.15, 0.2) is 18.2 Å².